The first kappa shape index (κ1) is 13.3. The van der Waals surface area contributed by atoms with Crippen LogP contribution in [0.3, 0.4) is 0 Å². The van der Waals surface area contributed by atoms with E-state index in [-0.39, 0.29) is 5.75 Å². The van der Waals surface area contributed by atoms with Crippen LogP contribution in [0.15, 0.2) is 16.6 Å². The van der Waals surface area contributed by atoms with E-state index in [0.717, 1.165) is 5.56 Å². The summed E-state index contributed by atoms with van der Waals surface area (Å²) in [6.07, 6.45) is 0.506. The van der Waals surface area contributed by atoms with Crippen molar-refractivity contribution < 1.29 is 14.9 Å². The van der Waals surface area contributed by atoms with Gasteiger partial charge in [0.15, 0.2) is 11.5 Å². The fraction of sp³-hybridized carbons (Fsp3) is 0.500. The van der Waals surface area contributed by atoms with Gasteiger partial charge in [-0.05, 0) is 54.4 Å². The highest BCUT2D eigenvalue weighted by molar-refractivity contribution is 9.10. The molecule has 0 unspecified atom stereocenters. The summed E-state index contributed by atoms with van der Waals surface area (Å²) in [5.74, 6) is 0.539. The van der Waals surface area contributed by atoms with Gasteiger partial charge in [-0.3, -0.25) is 0 Å². The number of aromatic hydroxyl groups is 1. The summed E-state index contributed by atoms with van der Waals surface area (Å²) < 4.78 is 5.89. The number of rotatable bonds is 4. The minimum atomic E-state index is -0.778. The maximum absolute atomic E-state index is 9.73. The van der Waals surface area contributed by atoms with E-state index in [1.807, 2.05) is 6.92 Å². The van der Waals surface area contributed by atoms with Crippen molar-refractivity contribution in [2.75, 3.05) is 6.61 Å². The predicted octanol–water partition coefficient (Wildman–Crippen LogP) is 2.87. The lowest BCUT2D eigenvalue weighted by molar-refractivity contribution is 0.0809. The first-order valence-electron chi connectivity index (χ1n) is 5.20. The van der Waals surface area contributed by atoms with E-state index < -0.39 is 5.60 Å². The molecule has 0 aliphatic rings. The Kier molecular flexibility index (Phi) is 4.21. The van der Waals surface area contributed by atoms with Gasteiger partial charge in [0.1, 0.15) is 0 Å². The zero-order chi connectivity index (χ0) is 12.3. The first-order chi connectivity index (χ1) is 7.33. The lowest BCUT2D eigenvalue weighted by Crippen LogP contribution is -2.21. The van der Waals surface area contributed by atoms with Gasteiger partial charge >= 0.3 is 0 Å². The number of benzene rings is 1. The number of halogens is 1. The number of aliphatic hydroxyl groups is 1. The van der Waals surface area contributed by atoms with Crippen LogP contribution in [-0.2, 0) is 6.42 Å². The number of ether oxygens (including phenoxy) is 1. The van der Waals surface area contributed by atoms with Gasteiger partial charge in [0, 0.05) is 6.42 Å². The van der Waals surface area contributed by atoms with E-state index in [9.17, 15) is 10.2 Å². The summed E-state index contributed by atoms with van der Waals surface area (Å²) in [5, 5.41) is 19.5. The van der Waals surface area contributed by atoms with Crippen LogP contribution < -0.4 is 4.74 Å². The van der Waals surface area contributed by atoms with E-state index in [2.05, 4.69) is 15.9 Å². The second-order valence-corrected chi connectivity index (χ2v) is 5.20. The van der Waals surface area contributed by atoms with E-state index in [4.69, 9.17) is 4.74 Å². The molecule has 0 aliphatic heterocycles. The lowest BCUT2D eigenvalue weighted by atomic mass is 9.98. The van der Waals surface area contributed by atoms with Crippen LogP contribution in [0.25, 0.3) is 0 Å². The Morgan fingerprint density at radius 3 is 2.50 bits per heavy atom. The molecule has 0 saturated carbocycles. The monoisotopic (exact) mass is 288 g/mol. The highest BCUT2D eigenvalue weighted by atomic mass is 79.9. The maximum Gasteiger partial charge on any atom is 0.172 e. The summed E-state index contributed by atoms with van der Waals surface area (Å²) in [7, 11) is 0. The van der Waals surface area contributed by atoms with E-state index >= 15 is 0 Å². The molecule has 4 heteroatoms. The molecule has 1 aromatic carbocycles. The Bertz CT molecular complexity index is 369. The predicted molar refractivity (Wildman–Crippen MR) is 67.0 cm³/mol. The second kappa shape index (κ2) is 5.06. The van der Waals surface area contributed by atoms with Crippen molar-refractivity contribution in [1.29, 1.82) is 0 Å². The van der Waals surface area contributed by atoms with Gasteiger partial charge in [0.2, 0.25) is 0 Å². The SMILES string of the molecule is CCOc1cc(CC(C)(C)O)cc(Br)c1O. The molecule has 90 valence electrons. The first-order valence-corrected chi connectivity index (χ1v) is 5.99. The van der Waals surface area contributed by atoms with Gasteiger partial charge in [0.05, 0.1) is 16.7 Å². The minimum Gasteiger partial charge on any atom is -0.503 e. The summed E-state index contributed by atoms with van der Waals surface area (Å²) in [5.41, 5.74) is 0.139. The standard InChI is InChI=1S/C12H17BrO3/c1-4-16-10-6-8(7-12(2,3)15)5-9(13)11(10)14/h5-6,14-15H,4,7H2,1-3H3. The highest BCUT2D eigenvalue weighted by Crippen LogP contribution is 2.36. The quantitative estimate of drug-likeness (QED) is 0.896. The largest absolute Gasteiger partial charge is 0.503 e. The molecule has 1 aromatic rings. The minimum absolute atomic E-state index is 0.0985. The number of hydrogen-bond acceptors (Lipinski definition) is 3. The normalized spacial score (nSPS) is 11.6. The number of hydrogen-bond donors (Lipinski definition) is 2. The second-order valence-electron chi connectivity index (χ2n) is 4.35. The van der Waals surface area contributed by atoms with Crippen molar-refractivity contribution in [3.8, 4) is 11.5 Å². The Hall–Kier alpha value is -0.740. The third-order valence-corrected chi connectivity index (χ3v) is 2.63. The Morgan fingerprint density at radius 2 is 2.00 bits per heavy atom. The molecule has 0 amide bonds. The third kappa shape index (κ3) is 3.68. The zero-order valence-electron chi connectivity index (χ0n) is 9.75. The molecule has 0 aromatic heterocycles. The molecule has 0 spiro atoms. The van der Waals surface area contributed by atoms with Gasteiger partial charge < -0.3 is 14.9 Å². The van der Waals surface area contributed by atoms with Crippen LogP contribution >= 0.6 is 15.9 Å². The van der Waals surface area contributed by atoms with Crippen LogP contribution in [-0.4, -0.2) is 22.4 Å². The van der Waals surface area contributed by atoms with Crippen LogP contribution in [0, 0.1) is 0 Å². The fourth-order valence-electron chi connectivity index (χ4n) is 1.49. The third-order valence-electron chi connectivity index (χ3n) is 2.02. The van der Waals surface area contributed by atoms with Crippen molar-refractivity contribution >= 4 is 15.9 Å². The summed E-state index contributed by atoms with van der Waals surface area (Å²) in [4.78, 5) is 0. The molecule has 0 radical (unpaired) electrons. The molecule has 0 bridgehead atoms. The molecule has 0 fully saturated rings. The molecule has 3 nitrogen and oxygen atoms in total. The van der Waals surface area contributed by atoms with E-state index in [0.29, 0.717) is 23.2 Å². The van der Waals surface area contributed by atoms with Crippen LogP contribution in [0.4, 0.5) is 0 Å². The van der Waals surface area contributed by atoms with Gasteiger partial charge in [0.25, 0.3) is 0 Å². The molecule has 0 saturated heterocycles. The molecular weight excluding hydrogens is 272 g/mol. The average Bonchev–Trinajstić information content (AvgIpc) is 2.11. The maximum atomic E-state index is 9.73. The van der Waals surface area contributed by atoms with E-state index in [1.54, 1.807) is 26.0 Å². The fourth-order valence-corrected chi connectivity index (χ4v) is 1.98. The van der Waals surface area contributed by atoms with Gasteiger partial charge in [-0.25, -0.2) is 0 Å². The van der Waals surface area contributed by atoms with Crippen LogP contribution in [0.5, 0.6) is 11.5 Å². The summed E-state index contributed by atoms with van der Waals surface area (Å²) in [6, 6.07) is 3.54. The van der Waals surface area contributed by atoms with Crippen LogP contribution in [0.2, 0.25) is 0 Å². The Morgan fingerprint density at radius 1 is 1.38 bits per heavy atom. The zero-order valence-corrected chi connectivity index (χ0v) is 11.3. The highest BCUT2D eigenvalue weighted by Gasteiger charge is 2.16. The van der Waals surface area contributed by atoms with E-state index in [1.165, 1.54) is 0 Å². The number of phenols is 1. The molecule has 0 atom stereocenters. The van der Waals surface area contributed by atoms with Crippen molar-refractivity contribution in [3.05, 3.63) is 22.2 Å². The van der Waals surface area contributed by atoms with Gasteiger partial charge in [-0.1, -0.05) is 0 Å². The van der Waals surface area contributed by atoms with Gasteiger partial charge in [-0.15, -0.1) is 0 Å². The van der Waals surface area contributed by atoms with Crippen molar-refractivity contribution in [1.82, 2.24) is 0 Å². The molecule has 0 aliphatic carbocycles. The van der Waals surface area contributed by atoms with Crippen molar-refractivity contribution in [3.63, 3.8) is 0 Å². The van der Waals surface area contributed by atoms with Gasteiger partial charge in [-0.2, -0.15) is 0 Å². The molecule has 16 heavy (non-hydrogen) atoms. The lowest BCUT2D eigenvalue weighted by Gasteiger charge is -2.18. The average molecular weight is 289 g/mol. The number of phenolic OH excluding ortho intramolecular Hbond substituents is 1. The molecular formula is C12H17BrO3. The Balaban J connectivity index is 3.04. The topological polar surface area (TPSA) is 49.7 Å². The molecule has 0 heterocycles. The molecule has 1 rings (SSSR count). The Labute approximate surface area is 104 Å². The smallest absolute Gasteiger partial charge is 0.172 e. The summed E-state index contributed by atoms with van der Waals surface area (Å²) in [6.45, 7) is 5.84. The van der Waals surface area contributed by atoms with Crippen molar-refractivity contribution in [2.45, 2.75) is 32.8 Å². The molecule has 2 N–H and O–H groups in total. The summed E-state index contributed by atoms with van der Waals surface area (Å²) >= 11 is 3.26. The van der Waals surface area contributed by atoms with Crippen molar-refractivity contribution in [2.24, 2.45) is 0 Å². The van der Waals surface area contributed by atoms with Crippen LogP contribution in [0.1, 0.15) is 26.3 Å².